The van der Waals surface area contributed by atoms with E-state index in [1.807, 2.05) is 73.8 Å². The van der Waals surface area contributed by atoms with E-state index >= 15 is 0 Å². The highest BCUT2D eigenvalue weighted by molar-refractivity contribution is 8.00. The van der Waals surface area contributed by atoms with Crippen molar-refractivity contribution in [3.05, 3.63) is 65.5 Å². The molecule has 29 heavy (non-hydrogen) atoms. The van der Waals surface area contributed by atoms with Crippen LogP contribution in [0.2, 0.25) is 0 Å². The Bertz CT molecular complexity index is 1110. The number of hydrogen-bond acceptors (Lipinski definition) is 6. The first kappa shape index (κ1) is 19.4. The van der Waals surface area contributed by atoms with Crippen LogP contribution in [0.25, 0.3) is 22.6 Å². The van der Waals surface area contributed by atoms with Crippen LogP contribution in [-0.4, -0.2) is 31.3 Å². The molecule has 0 radical (unpaired) electrons. The summed E-state index contributed by atoms with van der Waals surface area (Å²) in [6.45, 7) is 3.87. The molecule has 8 heteroatoms. The summed E-state index contributed by atoms with van der Waals surface area (Å²) in [4.78, 5) is 21.5. The Hall–Kier alpha value is -2.97. The highest BCUT2D eigenvalue weighted by Gasteiger charge is 2.19. The Kier molecular flexibility index (Phi) is 5.73. The molecule has 0 bridgehead atoms. The van der Waals surface area contributed by atoms with Gasteiger partial charge in [-0.1, -0.05) is 71.9 Å². The van der Waals surface area contributed by atoms with Gasteiger partial charge in [-0.2, -0.15) is 0 Å². The van der Waals surface area contributed by atoms with Gasteiger partial charge in [0.05, 0.1) is 10.9 Å². The molecule has 1 amide bonds. The highest BCUT2D eigenvalue weighted by atomic mass is 32.2. The lowest BCUT2D eigenvalue weighted by atomic mass is 10.1. The normalized spacial score (nSPS) is 11.9. The zero-order chi connectivity index (χ0) is 20.2. The van der Waals surface area contributed by atoms with Crippen molar-refractivity contribution >= 4 is 34.1 Å². The minimum absolute atomic E-state index is 0.134. The van der Waals surface area contributed by atoms with E-state index in [1.165, 1.54) is 28.7 Å². The molecular formula is C21H19N5OS2. The zero-order valence-electron chi connectivity index (χ0n) is 15.9. The van der Waals surface area contributed by atoms with Gasteiger partial charge in [0, 0.05) is 16.5 Å². The SMILES string of the molecule is Cc1ccc(-c2nc(SC(C)C(=O)Nc3nc(-c4ccccc4)cs3)n[nH]2)cc1. The van der Waals surface area contributed by atoms with Gasteiger partial charge in [-0.15, -0.1) is 16.4 Å². The van der Waals surface area contributed by atoms with Crippen LogP contribution in [0.15, 0.2) is 65.1 Å². The van der Waals surface area contributed by atoms with Crippen molar-refractivity contribution in [1.82, 2.24) is 20.2 Å². The Labute approximate surface area is 176 Å². The van der Waals surface area contributed by atoms with Crippen LogP contribution in [0.1, 0.15) is 12.5 Å². The molecule has 1 atom stereocenters. The molecule has 2 N–H and O–H groups in total. The monoisotopic (exact) mass is 421 g/mol. The second kappa shape index (κ2) is 8.59. The lowest BCUT2D eigenvalue weighted by Gasteiger charge is -2.07. The lowest BCUT2D eigenvalue weighted by molar-refractivity contribution is -0.115. The Balaban J connectivity index is 1.38. The molecule has 0 saturated carbocycles. The van der Waals surface area contributed by atoms with E-state index in [0.29, 0.717) is 16.1 Å². The molecule has 0 aliphatic carbocycles. The molecule has 2 heterocycles. The Morgan fingerprint density at radius 2 is 1.83 bits per heavy atom. The number of benzene rings is 2. The van der Waals surface area contributed by atoms with Crippen LogP contribution in [0.5, 0.6) is 0 Å². The van der Waals surface area contributed by atoms with Crippen LogP contribution in [0.4, 0.5) is 5.13 Å². The van der Waals surface area contributed by atoms with Crippen molar-refractivity contribution in [1.29, 1.82) is 0 Å². The van der Waals surface area contributed by atoms with Crippen molar-refractivity contribution in [2.75, 3.05) is 5.32 Å². The Morgan fingerprint density at radius 1 is 1.07 bits per heavy atom. The van der Waals surface area contributed by atoms with Crippen molar-refractivity contribution < 1.29 is 4.79 Å². The molecule has 2 aromatic carbocycles. The quantitative estimate of drug-likeness (QED) is 0.427. The van der Waals surface area contributed by atoms with Crippen molar-refractivity contribution in [3.63, 3.8) is 0 Å². The van der Waals surface area contributed by atoms with E-state index in [0.717, 1.165) is 16.8 Å². The average Bonchev–Trinajstić information content (AvgIpc) is 3.39. The number of anilines is 1. The molecular weight excluding hydrogens is 402 g/mol. The summed E-state index contributed by atoms with van der Waals surface area (Å²) >= 11 is 2.71. The molecule has 1 unspecified atom stereocenters. The van der Waals surface area contributed by atoms with Crippen LogP contribution in [0, 0.1) is 6.92 Å². The van der Waals surface area contributed by atoms with Crippen molar-refractivity contribution in [2.45, 2.75) is 24.3 Å². The third-order valence-corrected chi connectivity index (χ3v) is 5.96. The molecule has 6 nitrogen and oxygen atoms in total. The first-order valence-electron chi connectivity index (χ1n) is 9.06. The number of nitrogens with one attached hydrogen (secondary N) is 2. The summed E-state index contributed by atoms with van der Waals surface area (Å²) in [5.41, 5.74) is 4.02. The van der Waals surface area contributed by atoms with Gasteiger partial charge in [0.2, 0.25) is 11.1 Å². The summed E-state index contributed by atoms with van der Waals surface area (Å²) < 4.78 is 0. The Morgan fingerprint density at radius 3 is 2.59 bits per heavy atom. The second-order valence-electron chi connectivity index (χ2n) is 6.49. The number of carbonyl (C=O) groups is 1. The molecule has 4 aromatic rings. The number of rotatable bonds is 6. The number of H-pyrrole nitrogens is 1. The fourth-order valence-electron chi connectivity index (χ4n) is 2.63. The van der Waals surface area contributed by atoms with E-state index in [-0.39, 0.29) is 11.2 Å². The predicted octanol–water partition coefficient (Wildman–Crippen LogP) is 5.02. The number of nitrogens with zero attached hydrogens (tertiary/aromatic N) is 3. The maximum atomic E-state index is 12.5. The topological polar surface area (TPSA) is 83.6 Å². The molecule has 0 fully saturated rings. The van der Waals surface area contributed by atoms with Gasteiger partial charge >= 0.3 is 0 Å². The molecule has 0 aliphatic heterocycles. The summed E-state index contributed by atoms with van der Waals surface area (Å²) in [6, 6.07) is 17.9. The van der Waals surface area contributed by atoms with Crippen LogP contribution in [-0.2, 0) is 4.79 Å². The molecule has 0 saturated heterocycles. The molecule has 2 aromatic heterocycles. The summed E-state index contributed by atoms with van der Waals surface area (Å²) in [5.74, 6) is 0.554. The second-order valence-corrected chi connectivity index (χ2v) is 8.65. The zero-order valence-corrected chi connectivity index (χ0v) is 17.6. The average molecular weight is 422 g/mol. The van der Waals surface area contributed by atoms with Crippen LogP contribution in [0.3, 0.4) is 0 Å². The number of aromatic nitrogens is 4. The fourth-order valence-corrected chi connectivity index (χ4v) is 4.08. The molecule has 146 valence electrons. The van der Waals surface area contributed by atoms with E-state index in [2.05, 4.69) is 25.5 Å². The van der Waals surface area contributed by atoms with Gasteiger partial charge in [-0.05, 0) is 13.8 Å². The maximum absolute atomic E-state index is 12.5. The van der Waals surface area contributed by atoms with Gasteiger partial charge in [-0.3, -0.25) is 9.89 Å². The fraction of sp³-hybridized carbons (Fsp3) is 0.143. The summed E-state index contributed by atoms with van der Waals surface area (Å²) in [7, 11) is 0. The third kappa shape index (κ3) is 4.72. The van der Waals surface area contributed by atoms with Gasteiger partial charge in [0.15, 0.2) is 11.0 Å². The largest absolute Gasteiger partial charge is 0.301 e. The number of hydrogen-bond donors (Lipinski definition) is 2. The summed E-state index contributed by atoms with van der Waals surface area (Å²) in [6.07, 6.45) is 0. The van der Waals surface area contributed by atoms with E-state index in [4.69, 9.17) is 0 Å². The number of thiazole rings is 1. The molecule has 0 spiro atoms. The number of aryl methyl sites for hydroxylation is 1. The van der Waals surface area contributed by atoms with Crippen molar-refractivity contribution in [3.8, 4) is 22.6 Å². The van der Waals surface area contributed by atoms with Crippen molar-refractivity contribution in [2.24, 2.45) is 0 Å². The molecule has 4 rings (SSSR count). The number of aromatic amines is 1. The smallest absolute Gasteiger partial charge is 0.239 e. The number of thioether (sulfide) groups is 1. The first-order chi connectivity index (χ1) is 14.1. The highest BCUT2D eigenvalue weighted by Crippen LogP contribution is 2.27. The third-order valence-electron chi connectivity index (χ3n) is 4.25. The molecule has 0 aliphatic rings. The predicted molar refractivity (Wildman–Crippen MR) is 118 cm³/mol. The van der Waals surface area contributed by atoms with Gasteiger partial charge in [-0.25, -0.2) is 9.97 Å². The minimum atomic E-state index is -0.360. The maximum Gasteiger partial charge on any atom is 0.239 e. The van der Waals surface area contributed by atoms with E-state index < -0.39 is 0 Å². The van der Waals surface area contributed by atoms with Gasteiger partial charge in [0.1, 0.15) is 0 Å². The standard InChI is InChI=1S/C21H19N5OS2/c1-13-8-10-16(11-9-13)18-23-21(26-25-18)29-14(2)19(27)24-20-22-17(12-28-20)15-6-4-3-5-7-15/h3-12,14H,1-2H3,(H,22,24,27)(H,23,25,26). The van der Waals surface area contributed by atoms with Gasteiger partial charge < -0.3 is 5.32 Å². The van der Waals surface area contributed by atoms with E-state index in [1.54, 1.807) is 0 Å². The number of carbonyl (C=O) groups excluding carboxylic acids is 1. The van der Waals surface area contributed by atoms with Crippen LogP contribution < -0.4 is 5.32 Å². The van der Waals surface area contributed by atoms with Crippen LogP contribution >= 0.6 is 23.1 Å². The lowest BCUT2D eigenvalue weighted by Crippen LogP contribution is -2.22. The summed E-state index contributed by atoms with van der Waals surface area (Å²) in [5, 5.41) is 12.7. The number of amides is 1. The van der Waals surface area contributed by atoms with Gasteiger partial charge in [0.25, 0.3) is 0 Å². The van der Waals surface area contributed by atoms with E-state index in [9.17, 15) is 4.79 Å². The minimum Gasteiger partial charge on any atom is -0.301 e. The first-order valence-corrected chi connectivity index (χ1v) is 10.8.